The second kappa shape index (κ2) is 8.58. The van der Waals surface area contributed by atoms with E-state index in [1.807, 2.05) is 29.0 Å². The maximum atomic E-state index is 13.0. The summed E-state index contributed by atoms with van der Waals surface area (Å²) in [5.41, 5.74) is 1.51. The number of halogens is 1. The fourth-order valence-corrected chi connectivity index (χ4v) is 3.67. The highest BCUT2D eigenvalue weighted by atomic mass is 32.1. The zero-order valence-electron chi connectivity index (χ0n) is 15.4. The summed E-state index contributed by atoms with van der Waals surface area (Å²) in [7, 11) is 0. The zero-order valence-corrected chi connectivity index (χ0v) is 16.3. The minimum atomic E-state index is -0.294. The lowest BCUT2D eigenvalue weighted by Gasteiger charge is -2.35. The van der Waals surface area contributed by atoms with Gasteiger partial charge < -0.3 is 10.2 Å². The van der Waals surface area contributed by atoms with Gasteiger partial charge in [0.1, 0.15) is 5.82 Å². The number of piperazine rings is 1. The minimum absolute atomic E-state index is 0.0000507. The molecule has 1 aromatic heterocycles. The van der Waals surface area contributed by atoms with Gasteiger partial charge >= 0.3 is 0 Å². The first-order valence-electron chi connectivity index (χ1n) is 8.95. The molecular formula is C19H23FN4O2S. The van der Waals surface area contributed by atoms with Gasteiger partial charge in [0.25, 0.3) is 0 Å². The molecule has 8 heteroatoms. The Morgan fingerprint density at radius 2 is 1.85 bits per heavy atom. The van der Waals surface area contributed by atoms with Crippen molar-refractivity contribution in [2.45, 2.75) is 13.8 Å². The molecule has 0 unspecified atom stereocenters. The molecule has 144 valence electrons. The van der Waals surface area contributed by atoms with E-state index < -0.39 is 0 Å². The number of amides is 2. The van der Waals surface area contributed by atoms with Gasteiger partial charge in [-0.3, -0.25) is 14.5 Å². The first kappa shape index (κ1) is 19.4. The Morgan fingerprint density at radius 3 is 2.48 bits per heavy atom. The molecule has 1 aliphatic rings. The SMILES string of the molecule is CC(C)C(=O)N1CCN(CC(=O)Nc2nc(-c3ccc(F)cc3)cs2)CC1. The first-order valence-corrected chi connectivity index (χ1v) is 9.83. The summed E-state index contributed by atoms with van der Waals surface area (Å²) in [6.07, 6.45) is 0. The van der Waals surface area contributed by atoms with Crippen molar-refractivity contribution in [3.63, 3.8) is 0 Å². The van der Waals surface area contributed by atoms with Crippen molar-refractivity contribution in [1.82, 2.24) is 14.8 Å². The molecule has 1 aromatic carbocycles. The molecule has 0 atom stereocenters. The van der Waals surface area contributed by atoms with Crippen molar-refractivity contribution >= 4 is 28.3 Å². The third kappa shape index (κ3) is 5.11. The molecule has 1 fully saturated rings. The third-order valence-electron chi connectivity index (χ3n) is 4.44. The van der Waals surface area contributed by atoms with E-state index in [4.69, 9.17) is 0 Å². The van der Waals surface area contributed by atoms with Crippen LogP contribution in [0.1, 0.15) is 13.8 Å². The predicted molar refractivity (Wildman–Crippen MR) is 104 cm³/mol. The molecule has 2 amide bonds. The summed E-state index contributed by atoms with van der Waals surface area (Å²) >= 11 is 1.34. The van der Waals surface area contributed by atoms with Crippen LogP contribution in [0.2, 0.25) is 0 Å². The monoisotopic (exact) mass is 390 g/mol. The number of anilines is 1. The third-order valence-corrected chi connectivity index (χ3v) is 5.19. The van der Waals surface area contributed by atoms with Crippen LogP contribution in [0.15, 0.2) is 29.6 Å². The van der Waals surface area contributed by atoms with E-state index in [0.717, 1.165) is 5.56 Å². The summed E-state index contributed by atoms with van der Waals surface area (Å²) in [5.74, 6) is -0.258. The summed E-state index contributed by atoms with van der Waals surface area (Å²) in [6.45, 7) is 6.74. The molecule has 6 nitrogen and oxygen atoms in total. The second-order valence-corrected chi connectivity index (χ2v) is 7.71. The van der Waals surface area contributed by atoms with E-state index in [2.05, 4.69) is 10.3 Å². The summed E-state index contributed by atoms with van der Waals surface area (Å²) < 4.78 is 13.0. The van der Waals surface area contributed by atoms with Crippen LogP contribution >= 0.6 is 11.3 Å². The van der Waals surface area contributed by atoms with Crippen LogP contribution in [0, 0.1) is 11.7 Å². The number of nitrogens with zero attached hydrogens (tertiary/aromatic N) is 3. The lowest BCUT2D eigenvalue weighted by Crippen LogP contribution is -2.51. The Balaban J connectivity index is 1.49. The fourth-order valence-electron chi connectivity index (χ4n) is 2.94. The van der Waals surface area contributed by atoms with Crippen molar-refractivity contribution in [3.8, 4) is 11.3 Å². The number of hydrogen-bond acceptors (Lipinski definition) is 5. The predicted octanol–water partition coefficient (Wildman–Crippen LogP) is 2.69. The van der Waals surface area contributed by atoms with Crippen LogP contribution in [0.25, 0.3) is 11.3 Å². The molecule has 1 saturated heterocycles. The molecule has 1 aliphatic heterocycles. The van der Waals surface area contributed by atoms with Crippen molar-refractivity contribution in [3.05, 3.63) is 35.5 Å². The Bertz CT molecular complexity index is 798. The number of benzene rings is 1. The van der Waals surface area contributed by atoms with Gasteiger partial charge in [-0.1, -0.05) is 13.8 Å². The van der Waals surface area contributed by atoms with E-state index in [1.165, 1.54) is 23.5 Å². The number of carbonyl (C=O) groups is 2. The van der Waals surface area contributed by atoms with Gasteiger partial charge in [0.15, 0.2) is 5.13 Å². The Hall–Kier alpha value is -2.32. The Kier molecular flexibility index (Phi) is 6.18. The van der Waals surface area contributed by atoms with Crippen LogP contribution in [-0.4, -0.2) is 59.3 Å². The van der Waals surface area contributed by atoms with Gasteiger partial charge in [0.05, 0.1) is 12.2 Å². The smallest absolute Gasteiger partial charge is 0.240 e. The lowest BCUT2D eigenvalue weighted by atomic mass is 10.1. The highest BCUT2D eigenvalue weighted by molar-refractivity contribution is 7.14. The Morgan fingerprint density at radius 1 is 1.19 bits per heavy atom. The quantitative estimate of drug-likeness (QED) is 0.853. The van der Waals surface area contributed by atoms with Crippen LogP contribution < -0.4 is 5.32 Å². The molecule has 2 aromatic rings. The van der Waals surface area contributed by atoms with Crippen molar-refractivity contribution in [1.29, 1.82) is 0 Å². The van der Waals surface area contributed by atoms with Gasteiger partial charge in [-0.15, -0.1) is 11.3 Å². The van der Waals surface area contributed by atoms with Gasteiger partial charge in [0.2, 0.25) is 11.8 Å². The standard InChI is InChI=1S/C19H23FN4O2S/c1-13(2)18(26)24-9-7-23(8-10-24)11-17(25)22-19-21-16(12-27-19)14-3-5-15(20)6-4-14/h3-6,12-13H,7-11H2,1-2H3,(H,21,22,25). The van der Waals surface area contributed by atoms with E-state index in [0.29, 0.717) is 37.0 Å². The van der Waals surface area contributed by atoms with Crippen LogP contribution in [0.5, 0.6) is 0 Å². The van der Waals surface area contributed by atoms with E-state index in [-0.39, 0.29) is 30.1 Å². The summed E-state index contributed by atoms with van der Waals surface area (Å²) in [4.78, 5) is 32.6. The average Bonchev–Trinajstić information content (AvgIpc) is 3.10. The highest BCUT2D eigenvalue weighted by Crippen LogP contribution is 2.25. The Labute approximate surface area is 162 Å². The van der Waals surface area contributed by atoms with E-state index in [9.17, 15) is 14.0 Å². The zero-order chi connectivity index (χ0) is 19.4. The molecule has 0 aliphatic carbocycles. The van der Waals surface area contributed by atoms with Crippen molar-refractivity contribution in [2.24, 2.45) is 5.92 Å². The molecule has 2 heterocycles. The van der Waals surface area contributed by atoms with Crippen LogP contribution in [0.4, 0.5) is 9.52 Å². The minimum Gasteiger partial charge on any atom is -0.340 e. The van der Waals surface area contributed by atoms with Crippen molar-refractivity contribution < 1.29 is 14.0 Å². The number of hydrogen-bond donors (Lipinski definition) is 1. The van der Waals surface area contributed by atoms with Gasteiger partial charge in [0, 0.05) is 43.0 Å². The largest absolute Gasteiger partial charge is 0.340 e. The first-order chi connectivity index (χ1) is 12.9. The molecule has 0 bridgehead atoms. The fraction of sp³-hybridized carbons (Fsp3) is 0.421. The highest BCUT2D eigenvalue weighted by Gasteiger charge is 2.24. The van der Waals surface area contributed by atoms with E-state index >= 15 is 0 Å². The number of carbonyl (C=O) groups excluding carboxylic acids is 2. The number of nitrogens with one attached hydrogen (secondary N) is 1. The number of rotatable bonds is 5. The molecule has 27 heavy (non-hydrogen) atoms. The number of thiazole rings is 1. The maximum Gasteiger partial charge on any atom is 0.240 e. The molecule has 0 spiro atoms. The average molecular weight is 390 g/mol. The molecule has 0 radical (unpaired) electrons. The van der Waals surface area contributed by atoms with Gasteiger partial charge in [-0.05, 0) is 24.3 Å². The second-order valence-electron chi connectivity index (χ2n) is 6.85. The normalized spacial score (nSPS) is 15.2. The lowest BCUT2D eigenvalue weighted by molar-refractivity contribution is -0.136. The molecule has 3 rings (SSSR count). The summed E-state index contributed by atoms with van der Waals surface area (Å²) in [6, 6.07) is 6.09. The topological polar surface area (TPSA) is 65.5 Å². The van der Waals surface area contributed by atoms with Crippen LogP contribution in [-0.2, 0) is 9.59 Å². The van der Waals surface area contributed by atoms with E-state index in [1.54, 1.807) is 12.1 Å². The maximum absolute atomic E-state index is 13.0. The summed E-state index contributed by atoms with van der Waals surface area (Å²) in [5, 5.41) is 5.17. The molecule has 1 N–H and O–H groups in total. The molecular weight excluding hydrogens is 367 g/mol. The molecule has 0 saturated carbocycles. The van der Waals surface area contributed by atoms with Crippen molar-refractivity contribution in [2.75, 3.05) is 38.0 Å². The van der Waals surface area contributed by atoms with Gasteiger partial charge in [-0.2, -0.15) is 0 Å². The van der Waals surface area contributed by atoms with Crippen LogP contribution in [0.3, 0.4) is 0 Å². The number of aromatic nitrogens is 1. The van der Waals surface area contributed by atoms with Gasteiger partial charge in [-0.25, -0.2) is 9.37 Å².